The Kier molecular flexibility index (Phi) is 4.52. The van der Waals surface area contributed by atoms with Crippen molar-refractivity contribution in [2.75, 3.05) is 31.1 Å². The number of rotatable bonds is 4. The number of furan rings is 1. The number of aromatic nitrogens is 3. The third-order valence-electron chi connectivity index (χ3n) is 5.35. The Morgan fingerprint density at radius 1 is 0.931 bits per heavy atom. The second-order valence-corrected chi connectivity index (χ2v) is 7.42. The van der Waals surface area contributed by atoms with Gasteiger partial charge in [-0.05, 0) is 32.0 Å². The summed E-state index contributed by atoms with van der Waals surface area (Å²) in [5.74, 6) is 3.72. The second kappa shape index (κ2) is 7.33. The lowest BCUT2D eigenvalue weighted by atomic mass is 10.2. The highest BCUT2D eigenvalue weighted by molar-refractivity contribution is 5.78. The van der Waals surface area contributed by atoms with E-state index in [-0.39, 0.29) is 0 Å². The van der Waals surface area contributed by atoms with Gasteiger partial charge in [0.25, 0.3) is 5.89 Å². The number of oxazole rings is 1. The molecule has 0 aliphatic carbocycles. The van der Waals surface area contributed by atoms with Crippen LogP contribution in [0.5, 0.6) is 0 Å². The first-order valence-corrected chi connectivity index (χ1v) is 9.88. The van der Waals surface area contributed by atoms with Gasteiger partial charge in [-0.15, -0.1) is 0 Å². The number of fused-ring (bicyclic) bond motifs is 1. The lowest BCUT2D eigenvalue weighted by Crippen LogP contribution is -2.46. The van der Waals surface area contributed by atoms with Gasteiger partial charge in [-0.1, -0.05) is 18.2 Å². The van der Waals surface area contributed by atoms with E-state index in [4.69, 9.17) is 13.8 Å². The van der Waals surface area contributed by atoms with E-state index in [1.165, 1.54) is 0 Å². The summed E-state index contributed by atoms with van der Waals surface area (Å²) in [6.07, 6.45) is 1.90. The summed E-state index contributed by atoms with van der Waals surface area (Å²) in [6, 6.07) is 11.9. The fourth-order valence-corrected chi connectivity index (χ4v) is 3.66. The Balaban J connectivity index is 1.24. The average Bonchev–Trinajstić information content (AvgIpc) is 3.34. The predicted octanol–water partition coefficient (Wildman–Crippen LogP) is 3.82. The number of benzene rings is 1. The monoisotopic (exact) mass is 389 g/mol. The zero-order valence-electron chi connectivity index (χ0n) is 16.6. The van der Waals surface area contributed by atoms with E-state index in [9.17, 15) is 0 Å². The van der Waals surface area contributed by atoms with Crippen molar-refractivity contribution in [2.24, 2.45) is 0 Å². The van der Waals surface area contributed by atoms with Crippen LogP contribution in [0.4, 0.5) is 5.95 Å². The zero-order valence-corrected chi connectivity index (χ0v) is 16.6. The van der Waals surface area contributed by atoms with Crippen LogP contribution in [0.2, 0.25) is 0 Å². The van der Waals surface area contributed by atoms with Gasteiger partial charge >= 0.3 is 0 Å². The normalized spacial score (nSPS) is 15.3. The Hall–Kier alpha value is -3.19. The molecule has 0 spiro atoms. The number of piperazine rings is 1. The summed E-state index contributed by atoms with van der Waals surface area (Å²) < 4.78 is 11.5. The van der Waals surface area contributed by atoms with E-state index in [2.05, 4.69) is 19.8 Å². The number of aryl methyl sites for hydroxylation is 2. The first-order chi connectivity index (χ1) is 14.2. The third-order valence-corrected chi connectivity index (χ3v) is 5.35. The highest BCUT2D eigenvalue weighted by atomic mass is 16.4. The average molecular weight is 389 g/mol. The van der Waals surface area contributed by atoms with Crippen molar-refractivity contribution in [3.8, 4) is 11.7 Å². The van der Waals surface area contributed by atoms with Gasteiger partial charge in [-0.2, -0.15) is 0 Å². The smallest absolute Gasteiger partial charge is 0.263 e. The van der Waals surface area contributed by atoms with Gasteiger partial charge in [-0.25, -0.2) is 15.0 Å². The molecular weight excluding hydrogens is 366 g/mol. The van der Waals surface area contributed by atoms with E-state index < -0.39 is 0 Å². The maximum Gasteiger partial charge on any atom is 0.263 e. The first-order valence-electron chi connectivity index (χ1n) is 9.88. The topological polar surface area (TPSA) is 71.4 Å². The molecule has 0 N–H and O–H groups in total. The minimum absolute atomic E-state index is 0.550. The van der Waals surface area contributed by atoms with Gasteiger partial charge in [0.05, 0.1) is 11.2 Å². The van der Waals surface area contributed by atoms with E-state index in [1.54, 1.807) is 0 Å². The van der Waals surface area contributed by atoms with E-state index in [0.717, 1.165) is 66.8 Å². The fourth-order valence-electron chi connectivity index (χ4n) is 3.66. The van der Waals surface area contributed by atoms with Crippen LogP contribution in [0.15, 0.2) is 51.4 Å². The van der Waals surface area contributed by atoms with Crippen LogP contribution in [-0.2, 0) is 6.54 Å². The molecule has 0 atom stereocenters. The molecule has 0 saturated carbocycles. The molecule has 1 aliphatic heterocycles. The minimum atomic E-state index is 0.550. The SMILES string of the molecule is Cc1ccc(-c2nc(CN3CCN(c4ncc5ccccc5n4)CC3)c(C)o2)o1. The van der Waals surface area contributed by atoms with Crippen LogP contribution in [-0.4, -0.2) is 46.0 Å². The van der Waals surface area contributed by atoms with Crippen LogP contribution in [0, 0.1) is 13.8 Å². The minimum Gasteiger partial charge on any atom is -0.456 e. The lowest BCUT2D eigenvalue weighted by Gasteiger charge is -2.34. The van der Waals surface area contributed by atoms with Crippen LogP contribution in [0.3, 0.4) is 0 Å². The van der Waals surface area contributed by atoms with Crippen molar-refractivity contribution in [1.82, 2.24) is 19.9 Å². The number of anilines is 1. The van der Waals surface area contributed by atoms with Crippen molar-refractivity contribution < 1.29 is 8.83 Å². The molecule has 4 heterocycles. The molecule has 0 radical (unpaired) electrons. The van der Waals surface area contributed by atoms with Crippen molar-refractivity contribution in [1.29, 1.82) is 0 Å². The molecule has 148 valence electrons. The molecule has 0 unspecified atom stereocenters. The van der Waals surface area contributed by atoms with E-state index >= 15 is 0 Å². The summed E-state index contributed by atoms with van der Waals surface area (Å²) >= 11 is 0. The van der Waals surface area contributed by atoms with Crippen molar-refractivity contribution in [3.63, 3.8) is 0 Å². The quantitative estimate of drug-likeness (QED) is 0.525. The third kappa shape index (κ3) is 3.61. The summed E-state index contributed by atoms with van der Waals surface area (Å²) in [6.45, 7) is 8.27. The molecule has 1 aromatic carbocycles. The van der Waals surface area contributed by atoms with Crippen LogP contribution < -0.4 is 4.90 Å². The highest BCUT2D eigenvalue weighted by Crippen LogP contribution is 2.25. The van der Waals surface area contributed by atoms with Gasteiger partial charge in [-0.3, -0.25) is 4.90 Å². The molecule has 4 aromatic rings. The molecule has 5 rings (SSSR count). The highest BCUT2D eigenvalue weighted by Gasteiger charge is 2.22. The molecule has 0 bridgehead atoms. The van der Waals surface area contributed by atoms with Crippen LogP contribution in [0.25, 0.3) is 22.6 Å². The van der Waals surface area contributed by atoms with Gasteiger partial charge in [0, 0.05) is 44.3 Å². The molecule has 29 heavy (non-hydrogen) atoms. The second-order valence-electron chi connectivity index (χ2n) is 7.42. The van der Waals surface area contributed by atoms with Crippen molar-refractivity contribution >= 4 is 16.9 Å². The molecule has 1 saturated heterocycles. The Bertz CT molecular complexity index is 1140. The Morgan fingerprint density at radius 2 is 1.76 bits per heavy atom. The standard InChI is InChI=1S/C22H23N5O2/c1-15-7-8-20(28-15)21-24-19(16(2)29-21)14-26-9-11-27(12-10-26)22-23-13-17-5-3-4-6-18(17)25-22/h3-8,13H,9-12,14H2,1-2H3. The summed E-state index contributed by atoms with van der Waals surface area (Å²) in [5.41, 5.74) is 1.95. The Labute approximate surface area is 169 Å². The summed E-state index contributed by atoms with van der Waals surface area (Å²) in [4.78, 5) is 18.6. The number of hydrogen-bond donors (Lipinski definition) is 0. The molecule has 1 aliphatic rings. The Morgan fingerprint density at radius 3 is 2.55 bits per heavy atom. The van der Waals surface area contributed by atoms with E-state index in [0.29, 0.717) is 11.7 Å². The largest absolute Gasteiger partial charge is 0.456 e. The van der Waals surface area contributed by atoms with Gasteiger partial charge in [0.1, 0.15) is 11.5 Å². The van der Waals surface area contributed by atoms with Crippen molar-refractivity contribution in [2.45, 2.75) is 20.4 Å². The van der Waals surface area contributed by atoms with Crippen LogP contribution >= 0.6 is 0 Å². The van der Waals surface area contributed by atoms with E-state index in [1.807, 2.05) is 56.4 Å². The summed E-state index contributed by atoms with van der Waals surface area (Å²) in [5, 5.41) is 1.07. The summed E-state index contributed by atoms with van der Waals surface area (Å²) in [7, 11) is 0. The van der Waals surface area contributed by atoms with Crippen LogP contribution in [0.1, 0.15) is 17.2 Å². The van der Waals surface area contributed by atoms with Gasteiger partial charge in [0.15, 0.2) is 5.76 Å². The van der Waals surface area contributed by atoms with Gasteiger partial charge in [0.2, 0.25) is 5.95 Å². The van der Waals surface area contributed by atoms with Crippen molar-refractivity contribution in [3.05, 3.63) is 59.8 Å². The molecular formula is C22H23N5O2. The molecule has 3 aromatic heterocycles. The number of nitrogens with zero attached hydrogens (tertiary/aromatic N) is 5. The number of para-hydroxylation sites is 1. The maximum absolute atomic E-state index is 5.82. The molecule has 7 heteroatoms. The molecule has 1 fully saturated rings. The zero-order chi connectivity index (χ0) is 19.8. The predicted molar refractivity (Wildman–Crippen MR) is 111 cm³/mol. The molecule has 0 amide bonds. The molecule has 7 nitrogen and oxygen atoms in total. The fraction of sp³-hybridized carbons (Fsp3) is 0.318. The number of hydrogen-bond acceptors (Lipinski definition) is 7. The van der Waals surface area contributed by atoms with Gasteiger partial charge < -0.3 is 13.7 Å². The first kappa shape index (κ1) is 17.9. The lowest BCUT2D eigenvalue weighted by molar-refractivity contribution is 0.245. The maximum atomic E-state index is 5.82.